The molecule has 1 rings (SSSR count). The van der Waals surface area contributed by atoms with Crippen molar-refractivity contribution in [3.05, 3.63) is 16.5 Å². The van der Waals surface area contributed by atoms with Crippen molar-refractivity contribution >= 4 is 11.6 Å². The summed E-state index contributed by atoms with van der Waals surface area (Å²) in [6, 6.07) is 0. The third-order valence-corrected chi connectivity index (χ3v) is 2.47. The van der Waals surface area contributed by atoms with Gasteiger partial charge in [-0.15, -0.1) is 0 Å². The van der Waals surface area contributed by atoms with Gasteiger partial charge in [0.05, 0.1) is 6.61 Å². The lowest BCUT2D eigenvalue weighted by Gasteiger charge is -2.11. The maximum Gasteiger partial charge on any atom is 0.221 e. The van der Waals surface area contributed by atoms with Gasteiger partial charge in [-0.25, -0.2) is 4.98 Å². The first kappa shape index (κ1) is 13.2. The van der Waals surface area contributed by atoms with Crippen LogP contribution in [-0.2, 0) is 4.74 Å². The average Bonchev–Trinajstić information content (AvgIpc) is 2.24. The molecule has 0 unspecified atom stereocenters. The second kappa shape index (κ2) is 6.01. The van der Waals surface area contributed by atoms with Crippen molar-refractivity contribution in [3.8, 4) is 5.88 Å². The van der Waals surface area contributed by atoms with E-state index in [4.69, 9.17) is 21.1 Å². The molecule has 0 aliphatic carbocycles. The van der Waals surface area contributed by atoms with Crippen molar-refractivity contribution in [1.29, 1.82) is 0 Å². The molecule has 0 bridgehead atoms. The summed E-state index contributed by atoms with van der Waals surface area (Å²) in [5, 5.41) is 0.450. The molecule has 0 atom stereocenters. The normalized spacial score (nSPS) is 10.9. The molecule has 0 saturated heterocycles. The van der Waals surface area contributed by atoms with Crippen LogP contribution < -0.4 is 4.74 Å². The largest absolute Gasteiger partial charge is 0.475 e. The summed E-state index contributed by atoms with van der Waals surface area (Å²) >= 11 is 6.01. The molecule has 0 aliphatic heterocycles. The van der Waals surface area contributed by atoms with E-state index < -0.39 is 0 Å². The average molecular weight is 245 g/mol. The molecule has 90 valence electrons. The Morgan fingerprint density at radius 3 is 2.50 bits per heavy atom. The van der Waals surface area contributed by atoms with E-state index in [9.17, 15) is 0 Å². The molecule has 0 aliphatic rings. The quantitative estimate of drug-likeness (QED) is 0.590. The first-order valence-electron chi connectivity index (χ1n) is 5.22. The van der Waals surface area contributed by atoms with Crippen molar-refractivity contribution in [2.45, 2.75) is 26.7 Å². The molecule has 0 spiro atoms. The SMILES string of the molecule is COCCOc1nc(C(C)C)nc(Cl)c1C. The van der Waals surface area contributed by atoms with E-state index in [0.29, 0.717) is 30.1 Å². The third-order valence-electron chi connectivity index (χ3n) is 2.10. The number of nitrogens with zero attached hydrogens (tertiary/aromatic N) is 2. The molecule has 0 radical (unpaired) electrons. The van der Waals surface area contributed by atoms with Crippen LogP contribution in [0.25, 0.3) is 0 Å². The first-order valence-corrected chi connectivity index (χ1v) is 5.59. The van der Waals surface area contributed by atoms with Gasteiger partial charge in [0.15, 0.2) is 0 Å². The molecule has 0 amide bonds. The van der Waals surface area contributed by atoms with Gasteiger partial charge in [0.25, 0.3) is 0 Å². The third kappa shape index (κ3) is 3.32. The molecule has 4 nitrogen and oxygen atoms in total. The number of hydrogen-bond acceptors (Lipinski definition) is 4. The highest BCUT2D eigenvalue weighted by atomic mass is 35.5. The Bertz CT molecular complexity index is 356. The van der Waals surface area contributed by atoms with E-state index >= 15 is 0 Å². The van der Waals surface area contributed by atoms with Crippen molar-refractivity contribution in [1.82, 2.24) is 9.97 Å². The highest BCUT2D eigenvalue weighted by molar-refractivity contribution is 6.30. The van der Waals surface area contributed by atoms with Gasteiger partial charge in [0.1, 0.15) is 17.6 Å². The molecular formula is C11H17ClN2O2. The lowest BCUT2D eigenvalue weighted by atomic mass is 10.2. The minimum Gasteiger partial charge on any atom is -0.475 e. The number of halogens is 1. The standard InChI is InChI=1S/C11H17ClN2O2/c1-7(2)10-13-9(12)8(3)11(14-10)16-6-5-15-4/h7H,5-6H2,1-4H3. The van der Waals surface area contributed by atoms with Gasteiger partial charge in [0, 0.05) is 18.6 Å². The van der Waals surface area contributed by atoms with Crippen LogP contribution in [-0.4, -0.2) is 30.3 Å². The molecular weight excluding hydrogens is 228 g/mol. The van der Waals surface area contributed by atoms with E-state index in [1.165, 1.54) is 0 Å². The zero-order valence-electron chi connectivity index (χ0n) is 10.1. The first-order chi connectivity index (χ1) is 7.56. The second-order valence-corrected chi connectivity index (χ2v) is 4.16. The van der Waals surface area contributed by atoms with Gasteiger partial charge in [-0.1, -0.05) is 25.4 Å². The van der Waals surface area contributed by atoms with Crippen molar-refractivity contribution < 1.29 is 9.47 Å². The van der Waals surface area contributed by atoms with Crippen LogP contribution in [0.5, 0.6) is 5.88 Å². The molecule has 0 saturated carbocycles. The lowest BCUT2D eigenvalue weighted by molar-refractivity contribution is 0.143. The Balaban J connectivity index is 2.88. The highest BCUT2D eigenvalue weighted by Crippen LogP contribution is 2.24. The molecule has 0 N–H and O–H groups in total. The lowest BCUT2D eigenvalue weighted by Crippen LogP contribution is -2.09. The van der Waals surface area contributed by atoms with E-state index in [1.54, 1.807) is 7.11 Å². The molecule has 5 heteroatoms. The van der Waals surface area contributed by atoms with E-state index in [0.717, 1.165) is 5.56 Å². The minimum absolute atomic E-state index is 0.225. The predicted molar refractivity (Wildman–Crippen MR) is 63.2 cm³/mol. The fraction of sp³-hybridized carbons (Fsp3) is 0.636. The van der Waals surface area contributed by atoms with Crippen LogP contribution >= 0.6 is 11.6 Å². The van der Waals surface area contributed by atoms with Gasteiger partial charge < -0.3 is 9.47 Å². The van der Waals surface area contributed by atoms with Gasteiger partial charge >= 0.3 is 0 Å². The summed E-state index contributed by atoms with van der Waals surface area (Å²) in [5.74, 6) is 1.46. The monoisotopic (exact) mass is 244 g/mol. The number of aromatic nitrogens is 2. The summed E-state index contributed by atoms with van der Waals surface area (Å²) in [4.78, 5) is 8.54. The van der Waals surface area contributed by atoms with Crippen LogP contribution in [0.4, 0.5) is 0 Å². The van der Waals surface area contributed by atoms with Crippen molar-refractivity contribution in [3.63, 3.8) is 0 Å². The van der Waals surface area contributed by atoms with Crippen LogP contribution in [0.15, 0.2) is 0 Å². The van der Waals surface area contributed by atoms with Gasteiger partial charge in [-0.05, 0) is 6.92 Å². The summed E-state index contributed by atoms with van der Waals surface area (Å²) in [6.45, 7) is 6.86. The van der Waals surface area contributed by atoms with E-state index in [-0.39, 0.29) is 5.92 Å². The number of ether oxygens (including phenoxy) is 2. The van der Waals surface area contributed by atoms with E-state index in [2.05, 4.69) is 9.97 Å². The fourth-order valence-corrected chi connectivity index (χ4v) is 1.27. The van der Waals surface area contributed by atoms with Gasteiger partial charge in [-0.3, -0.25) is 0 Å². The molecule has 1 aromatic rings. The smallest absolute Gasteiger partial charge is 0.221 e. The van der Waals surface area contributed by atoms with Crippen LogP contribution in [0.1, 0.15) is 31.2 Å². The van der Waals surface area contributed by atoms with Crippen LogP contribution in [0.2, 0.25) is 5.15 Å². The fourth-order valence-electron chi connectivity index (χ4n) is 1.11. The summed E-state index contributed by atoms with van der Waals surface area (Å²) < 4.78 is 10.4. The highest BCUT2D eigenvalue weighted by Gasteiger charge is 2.12. The topological polar surface area (TPSA) is 44.2 Å². The van der Waals surface area contributed by atoms with Gasteiger partial charge in [-0.2, -0.15) is 4.98 Å². The molecule has 0 aromatic carbocycles. The Labute approximate surface area is 101 Å². The zero-order valence-corrected chi connectivity index (χ0v) is 10.8. The van der Waals surface area contributed by atoms with Gasteiger partial charge in [0.2, 0.25) is 5.88 Å². The van der Waals surface area contributed by atoms with Crippen molar-refractivity contribution in [2.24, 2.45) is 0 Å². The number of rotatable bonds is 5. The van der Waals surface area contributed by atoms with E-state index in [1.807, 2.05) is 20.8 Å². The maximum atomic E-state index is 6.01. The van der Waals surface area contributed by atoms with Crippen LogP contribution in [0.3, 0.4) is 0 Å². The summed E-state index contributed by atoms with van der Waals surface area (Å²) in [7, 11) is 1.63. The van der Waals surface area contributed by atoms with Crippen LogP contribution in [0, 0.1) is 6.92 Å². The Hall–Kier alpha value is -0.870. The molecule has 1 heterocycles. The maximum absolute atomic E-state index is 6.01. The number of hydrogen-bond donors (Lipinski definition) is 0. The Kier molecular flexibility index (Phi) is 4.96. The Morgan fingerprint density at radius 2 is 1.94 bits per heavy atom. The summed E-state index contributed by atoms with van der Waals surface area (Å²) in [5.41, 5.74) is 0.766. The minimum atomic E-state index is 0.225. The predicted octanol–water partition coefficient (Wildman–Crippen LogP) is 2.59. The number of methoxy groups -OCH3 is 1. The Morgan fingerprint density at radius 1 is 1.25 bits per heavy atom. The second-order valence-electron chi connectivity index (χ2n) is 3.80. The molecule has 0 fully saturated rings. The molecule has 16 heavy (non-hydrogen) atoms. The van der Waals surface area contributed by atoms with Crippen molar-refractivity contribution in [2.75, 3.05) is 20.3 Å². The summed E-state index contributed by atoms with van der Waals surface area (Å²) in [6.07, 6.45) is 0. The molecule has 1 aromatic heterocycles. The zero-order chi connectivity index (χ0) is 12.1.